The quantitative estimate of drug-likeness (QED) is 0.721. The minimum absolute atomic E-state index is 0.541. The molecule has 0 saturated heterocycles. The molecule has 3 heteroatoms. The van der Waals surface area contributed by atoms with Gasteiger partial charge in [-0.25, -0.2) is 4.98 Å². The van der Waals surface area contributed by atoms with E-state index in [1.54, 1.807) is 0 Å². The predicted molar refractivity (Wildman–Crippen MR) is 64.3 cm³/mol. The monoisotopic (exact) mass is 213 g/mol. The van der Waals surface area contributed by atoms with Crippen LogP contribution in [0.25, 0.3) is 0 Å². The smallest absolute Gasteiger partial charge is 0.147 e. The van der Waals surface area contributed by atoms with Crippen LogP contribution in [-0.2, 0) is 0 Å². The molecule has 2 rings (SSSR count). The van der Waals surface area contributed by atoms with Gasteiger partial charge in [-0.2, -0.15) is 5.26 Å². The highest BCUT2D eigenvalue weighted by Gasteiger charge is 2.30. The molecule has 0 bridgehead atoms. The highest BCUT2D eigenvalue weighted by Crippen LogP contribution is 2.32. The Labute approximate surface area is 96.0 Å². The van der Waals surface area contributed by atoms with E-state index in [1.165, 1.54) is 12.8 Å². The minimum atomic E-state index is 0.541. The van der Waals surface area contributed by atoms with Gasteiger partial charge >= 0.3 is 0 Å². The molecule has 1 aromatic heterocycles. The van der Waals surface area contributed by atoms with Gasteiger partial charge in [0, 0.05) is 18.3 Å². The fourth-order valence-corrected chi connectivity index (χ4v) is 1.78. The summed E-state index contributed by atoms with van der Waals surface area (Å²) in [4.78, 5) is 6.66. The molecule has 0 radical (unpaired) electrons. The molecule has 0 spiro atoms. The highest BCUT2D eigenvalue weighted by molar-refractivity contribution is 5.56. The van der Waals surface area contributed by atoms with E-state index in [-0.39, 0.29) is 0 Å². The standard InChI is InChI=1S/C13H15N3/c1-3-8-16(12-6-7-12)13-11(9-14)5-4-10(2)15-13/h3-5,12H,1,6-8H2,2H3. The van der Waals surface area contributed by atoms with Gasteiger partial charge in [-0.05, 0) is 31.9 Å². The Morgan fingerprint density at radius 1 is 1.62 bits per heavy atom. The molecular formula is C13H15N3. The number of aromatic nitrogens is 1. The van der Waals surface area contributed by atoms with E-state index >= 15 is 0 Å². The van der Waals surface area contributed by atoms with E-state index < -0.39 is 0 Å². The molecule has 1 heterocycles. The molecule has 0 aromatic carbocycles. The second kappa shape index (κ2) is 4.36. The van der Waals surface area contributed by atoms with Crippen molar-refractivity contribution in [3.05, 3.63) is 36.0 Å². The lowest BCUT2D eigenvalue weighted by Crippen LogP contribution is -2.27. The van der Waals surface area contributed by atoms with Gasteiger partial charge in [0.2, 0.25) is 0 Å². The van der Waals surface area contributed by atoms with Crippen LogP contribution >= 0.6 is 0 Å². The van der Waals surface area contributed by atoms with E-state index in [9.17, 15) is 0 Å². The van der Waals surface area contributed by atoms with E-state index in [0.29, 0.717) is 11.6 Å². The Bertz CT molecular complexity index is 441. The summed E-state index contributed by atoms with van der Waals surface area (Å²) in [6.07, 6.45) is 4.24. The first-order valence-electron chi connectivity index (χ1n) is 5.51. The van der Waals surface area contributed by atoms with Crippen LogP contribution in [0, 0.1) is 18.3 Å². The van der Waals surface area contributed by atoms with Crippen LogP contribution in [0.2, 0.25) is 0 Å². The number of pyridine rings is 1. The summed E-state index contributed by atoms with van der Waals surface area (Å²) in [5.41, 5.74) is 1.60. The van der Waals surface area contributed by atoms with Crippen LogP contribution < -0.4 is 4.90 Å². The number of anilines is 1. The van der Waals surface area contributed by atoms with Gasteiger partial charge in [-0.3, -0.25) is 0 Å². The molecule has 82 valence electrons. The van der Waals surface area contributed by atoms with Gasteiger partial charge in [0.1, 0.15) is 11.9 Å². The van der Waals surface area contributed by atoms with Gasteiger partial charge < -0.3 is 4.90 Å². The lowest BCUT2D eigenvalue weighted by molar-refractivity contribution is 0.835. The van der Waals surface area contributed by atoms with E-state index in [2.05, 4.69) is 22.5 Å². The summed E-state index contributed by atoms with van der Waals surface area (Å²) in [5.74, 6) is 0.810. The number of nitriles is 1. The van der Waals surface area contributed by atoms with Crippen molar-refractivity contribution in [1.29, 1.82) is 5.26 Å². The first-order valence-corrected chi connectivity index (χ1v) is 5.51. The van der Waals surface area contributed by atoms with Crippen LogP contribution in [0.15, 0.2) is 24.8 Å². The first-order chi connectivity index (χ1) is 7.76. The third kappa shape index (κ3) is 2.06. The summed E-state index contributed by atoms with van der Waals surface area (Å²) < 4.78 is 0. The Balaban J connectivity index is 2.38. The summed E-state index contributed by atoms with van der Waals surface area (Å²) in [5, 5.41) is 9.09. The number of nitrogens with zero attached hydrogens (tertiary/aromatic N) is 3. The largest absolute Gasteiger partial charge is 0.349 e. The zero-order chi connectivity index (χ0) is 11.5. The van der Waals surface area contributed by atoms with Gasteiger partial charge in [0.15, 0.2) is 0 Å². The van der Waals surface area contributed by atoms with Crippen LogP contribution in [0.1, 0.15) is 24.1 Å². The van der Waals surface area contributed by atoms with Crippen molar-refractivity contribution in [3.63, 3.8) is 0 Å². The van der Waals surface area contributed by atoms with E-state index in [0.717, 1.165) is 18.1 Å². The molecule has 1 saturated carbocycles. The molecular weight excluding hydrogens is 198 g/mol. The third-order valence-corrected chi connectivity index (χ3v) is 2.72. The van der Waals surface area contributed by atoms with Gasteiger partial charge in [-0.1, -0.05) is 6.08 Å². The molecule has 0 unspecified atom stereocenters. The Morgan fingerprint density at radius 3 is 2.94 bits per heavy atom. The summed E-state index contributed by atoms with van der Waals surface area (Å²) in [6, 6.07) is 6.47. The fraction of sp³-hybridized carbons (Fsp3) is 0.385. The average molecular weight is 213 g/mol. The van der Waals surface area contributed by atoms with Crippen molar-refractivity contribution in [3.8, 4) is 6.07 Å². The van der Waals surface area contributed by atoms with E-state index in [1.807, 2.05) is 25.1 Å². The zero-order valence-corrected chi connectivity index (χ0v) is 9.48. The van der Waals surface area contributed by atoms with Crippen molar-refractivity contribution in [2.45, 2.75) is 25.8 Å². The molecule has 16 heavy (non-hydrogen) atoms. The molecule has 0 aliphatic heterocycles. The minimum Gasteiger partial charge on any atom is -0.349 e. The molecule has 0 amide bonds. The Hall–Kier alpha value is -1.82. The average Bonchev–Trinajstić information content (AvgIpc) is 3.10. The van der Waals surface area contributed by atoms with Crippen molar-refractivity contribution in [2.75, 3.05) is 11.4 Å². The van der Waals surface area contributed by atoms with Crippen LogP contribution in [0.3, 0.4) is 0 Å². The number of hydrogen-bond acceptors (Lipinski definition) is 3. The number of rotatable bonds is 4. The fourth-order valence-electron chi connectivity index (χ4n) is 1.78. The molecule has 1 aromatic rings. The van der Waals surface area contributed by atoms with Gasteiger partial charge in [0.25, 0.3) is 0 Å². The number of hydrogen-bond donors (Lipinski definition) is 0. The molecule has 1 aliphatic rings. The van der Waals surface area contributed by atoms with Crippen molar-refractivity contribution in [1.82, 2.24) is 4.98 Å². The van der Waals surface area contributed by atoms with Crippen LogP contribution in [-0.4, -0.2) is 17.6 Å². The number of aryl methyl sites for hydroxylation is 1. The second-order valence-corrected chi connectivity index (χ2v) is 4.11. The van der Waals surface area contributed by atoms with Crippen molar-refractivity contribution in [2.24, 2.45) is 0 Å². The van der Waals surface area contributed by atoms with Gasteiger partial charge in [0.05, 0.1) is 5.56 Å². The van der Waals surface area contributed by atoms with Crippen molar-refractivity contribution < 1.29 is 0 Å². The van der Waals surface area contributed by atoms with Crippen molar-refractivity contribution >= 4 is 5.82 Å². The van der Waals surface area contributed by atoms with Crippen LogP contribution in [0.4, 0.5) is 5.82 Å². The SMILES string of the molecule is C=CCN(c1nc(C)ccc1C#N)C1CC1. The maximum atomic E-state index is 9.09. The highest BCUT2D eigenvalue weighted by atomic mass is 15.2. The normalized spacial score (nSPS) is 14.2. The topological polar surface area (TPSA) is 39.9 Å². The maximum Gasteiger partial charge on any atom is 0.147 e. The summed E-state index contributed by atoms with van der Waals surface area (Å²) in [7, 11) is 0. The van der Waals surface area contributed by atoms with Gasteiger partial charge in [-0.15, -0.1) is 6.58 Å². The van der Waals surface area contributed by atoms with E-state index in [4.69, 9.17) is 5.26 Å². The molecule has 0 N–H and O–H groups in total. The molecule has 3 nitrogen and oxygen atoms in total. The third-order valence-electron chi connectivity index (χ3n) is 2.72. The first kappa shape index (κ1) is 10.7. The maximum absolute atomic E-state index is 9.09. The Morgan fingerprint density at radius 2 is 2.38 bits per heavy atom. The second-order valence-electron chi connectivity index (χ2n) is 4.11. The summed E-state index contributed by atoms with van der Waals surface area (Å²) >= 11 is 0. The molecule has 1 aliphatic carbocycles. The molecule has 1 fully saturated rings. The van der Waals surface area contributed by atoms with Crippen LogP contribution in [0.5, 0.6) is 0 Å². The zero-order valence-electron chi connectivity index (χ0n) is 9.48. The lowest BCUT2D eigenvalue weighted by Gasteiger charge is -2.23. The summed E-state index contributed by atoms with van der Waals surface area (Å²) in [6.45, 7) is 6.47. The Kier molecular flexibility index (Phi) is 2.91. The molecule has 0 atom stereocenters. The predicted octanol–water partition coefficient (Wildman–Crippen LogP) is 2.42. The lowest BCUT2D eigenvalue weighted by atomic mass is 10.2.